The lowest BCUT2D eigenvalue weighted by atomic mass is 10.1. The summed E-state index contributed by atoms with van der Waals surface area (Å²) in [6.07, 6.45) is 2.91. The molecule has 0 saturated heterocycles. The van der Waals surface area contributed by atoms with Crippen LogP contribution in [0, 0.1) is 0 Å². The van der Waals surface area contributed by atoms with Gasteiger partial charge in [0.05, 0.1) is 11.3 Å². The van der Waals surface area contributed by atoms with Crippen molar-refractivity contribution in [3.63, 3.8) is 0 Å². The Labute approximate surface area is 165 Å². The van der Waals surface area contributed by atoms with E-state index in [0.29, 0.717) is 21.9 Å². The van der Waals surface area contributed by atoms with Crippen LogP contribution in [0.3, 0.4) is 0 Å². The normalized spacial score (nSPS) is 11.2. The molecule has 0 aliphatic heterocycles. The number of nitrogens with zero attached hydrogens (tertiary/aromatic N) is 2. The van der Waals surface area contributed by atoms with Crippen molar-refractivity contribution in [3.05, 3.63) is 76.2 Å². The van der Waals surface area contributed by atoms with Gasteiger partial charge >= 0.3 is 5.63 Å². The van der Waals surface area contributed by atoms with E-state index in [-0.39, 0.29) is 5.63 Å². The number of imidazole rings is 1. The molecule has 0 aliphatic rings. The molecule has 2 aromatic carbocycles. The molecule has 0 bridgehead atoms. The van der Waals surface area contributed by atoms with Gasteiger partial charge in [-0.3, -0.25) is 4.57 Å². The largest absolute Gasteiger partial charge is 0.422 e. The number of para-hydroxylation sites is 1. The van der Waals surface area contributed by atoms with Crippen molar-refractivity contribution < 1.29 is 4.42 Å². The van der Waals surface area contributed by atoms with Crippen LogP contribution in [0.4, 0.5) is 0 Å². The van der Waals surface area contributed by atoms with Gasteiger partial charge in [-0.1, -0.05) is 48.5 Å². The number of rotatable bonds is 5. The smallest absolute Gasteiger partial charge is 0.345 e. The van der Waals surface area contributed by atoms with E-state index >= 15 is 0 Å². The molecule has 0 aliphatic carbocycles. The summed E-state index contributed by atoms with van der Waals surface area (Å²) < 4.78 is 7.46. The van der Waals surface area contributed by atoms with Crippen molar-refractivity contribution in [2.45, 2.75) is 18.5 Å². The maximum atomic E-state index is 12.5. The summed E-state index contributed by atoms with van der Waals surface area (Å²) in [5.41, 5.74) is 2.19. The molecule has 0 radical (unpaired) electrons. The van der Waals surface area contributed by atoms with Crippen molar-refractivity contribution in [3.8, 4) is 16.9 Å². The zero-order chi connectivity index (χ0) is 18.8. The maximum Gasteiger partial charge on any atom is 0.345 e. The van der Waals surface area contributed by atoms with Gasteiger partial charge in [-0.25, -0.2) is 9.78 Å². The van der Waals surface area contributed by atoms with Gasteiger partial charge in [0.25, 0.3) is 0 Å². The van der Waals surface area contributed by atoms with Gasteiger partial charge in [0.15, 0.2) is 5.16 Å². The first-order valence-electron chi connectivity index (χ1n) is 8.67. The van der Waals surface area contributed by atoms with E-state index in [2.05, 4.69) is 6.92 Å². The van der Waals surface area contributed by atoms with E-state index in [4.69, 9.17) is 21.0 Å². The fourth-order valence-electron chi connectivity index (χ4n) is 2.82. The minimum atomic E-state index is -0.388. The molecule has 6 heteroatoms. The zero-order valence-corrected chi connectivity index (χ0v) is 16.3. The fourth-order valence-corrected chi connectivity index (χ4v) is 3.79. The molecule has 4 nitrogen and oxygen atoms in total. The molecule has 0 atom stereocenters. The number of aromatic nitrogens is 2. The van der Waals surface area contributed by atoms with E-state index in [9.17, 15) is 4.79 Å². The molecular weight excluding hydrogens is 380 g/mol. The van der Waals surface area contributed by atoms with E-state index in [1.807, 2.05) is 59.3 Å². The van der Waals surface area contributed by atoms with Crippen LogP contribution in [0.1, 0.15) is 13.3 Å². The third kappa shape index (κ3) is 3.66. The lowest BCUT2D eigenvalue weighted by molar-refractivity contribution is 0.563. The third-order valence-corrected chi connectivity index (χ3v) is 5.54. The quantitative estimate of drug-likeness (QED) is 0.316. The number of halogens is 1. The first-order chi connectivity index (χ1) is 13.2. The van der Waals surface area contributed by atoms with E-state index in [1.165, 1.54) is 0 Å². The van der Waals surface area contributed by atoms with Crippen LogP contribution in [-0.2, 0) is 0 Å². The third-order valence-electron chi connectivity index (χ3n) is 4.13. The number of benzene rings is 2. The molecule has 27 heavy (non-hydrogen) atoms. The summed E-state index contributed by atoms with van der Waals surface area (Å²) >= 11 is 7.67. The first-order valence-corrected chi connectivity index (χ1v) is 10.0. The fraction of sp³-hybridized carbons (Fsp3) is 0.143. The van der Waals surface area contributed by atoms with Crippen LogP contribution in [0.25, 0.3) is 27.9 Å². The Hall–Kier alpha value is -2.50. The summed E-state index contributed by atoms with van der Waals surface area (Å²) in [6.45, 7) is 2.13. The number of fused-ring (bicyclic) bond motifs is 1. The highest BCUT2D eigenvalue weighted by Crippen LogP contribution is 2.28. The Morgan fingerprint density at radius 2 is 1.93 bits per heavy atom. The predicted molar refractivity (Wildman–Crippen MR) is 111 cm³/mol. The second kappa shape index (κ2) is 7.62. The highest BCUT2D eigenvalue weighted by atomic mass is 35.5. The zero-order valence-electron chi connectivity index (χ0n) is 14.7. The Morgan fingerprint density at radius 1 is 1.15 bits per heavy atom. The Bertz CT molecular complexity index is 1150. The van der Waals surface area contributed by atoms with Gasteiger partial charge < -0.3 is 4.42 Å². The second-order valence-electron chi connectivity index (χ2n) is 6.09. The molecule has 0 amide bonds. The molecule has 2 heterocycles. The molecule has 0 saturated carbocycles. The lowest BCUT2D eigenvalue weighted by Gasteiger charge is -2.06. The molecule has 0 spiro atoms. The van der Waals surface area contributed by atoms with Gasteiger partial charge in [-0.05, 0) is 42.8 Å². The molecule has 0 unspecified atom stereocenters. The summed E-state index contributed by atoms with van der Waals surface area (Å²) in [4.78, 5) is 17.2. The standard InChI is InChI=1S/C21H17ClN2O2S/c1-2-11-27-21-23-18(13-24(21)16-9-7-15(22)8-10-16)17-12-14-5-3-4-6-19(14)26-20(17)25/h3-10,12-13H,2,11H2,1H3. The molecule has 136 valence electrons. The Kier molecular flexibility index (Phi) is 5.05. The number of thioether (sulfide) groups is 1. The van der Waals surface area contributed by atoms with Crippen LogP contribution >= 0.6 is 23.4 Å². The summed E-state index contributed by atoms with van der Waals surface area (Å²) in [5, 5.41) is 2.38. The van der Waals surface area contributed by atoms with Crippen molar-refractivity contribution in [1.29, 1.82) is 0 Å². The van der Waals surface area contributed by atoms with Crippen molar-refractivity contribution in [1.82, 2.24) is 9.55 Å². The highest BCUT2D eigenvalue weighted by molar-refractivity contribution is 7.99. The van der Waals surface area contributed by atoms with Crippen molar-refractivity contribution in [2.24, 2.45) is 0 Å². The lowest BCUT2D eigenvalue weighted by Crippen LogP contribution is -2.02. The van der Waals surface area contributed by atoms with E-state index in [1.54, 1.807) is 17.8 Å². The van der Waals surface area contributed by atoms with Crippen LogP contribution in [-0.4, -0.2) is 15.3 Å². The van der Waals surface area contributed by atoms with Crippen LogP contribution in [0.15, 0.2) is 75.2 Å². The summed E-state index contributed by atoms with van der Waals surface area (Å²) in [7, 11) is 0. The second-order valence-corrected chi connectivity index (χ2v) is 7.59. The van der Waals surface area contributed by atoms with Gasteiger partial charge in [0.2, 0.25) is 0 Å². The molecule has 4 rings (SSSR count). The summed E-state index contributed by atoms with van der Waals surface area (Å²) in [6, 6.07) is 16.9. The first kappa shape index (κ1) is 17.9. The van der Waals surface area contributed by atoms with E-state index < -0.39 is 0 Å². The highest BCUT2D eigenvalue weighted by Gasteiger charge is 2.15. The Morgan fingerprint density at radius 3 is 2.70 bits per heavy atom. The van der Waals surface area contributed by atoms with Gasteiger partial charge in [0, 0.05) is 28.0 Å². The molecule has 4 aromatic rings. The van der Waals surface area contributed by atoms with Crippen LogP contribution < -0.4 is 5.63 Å². The SMILES string of the molecule is CCCSc1nc(-c2cc3ccccc3oc2=O)cn1-c1ccc(Cl)cc1. The van der Waals surface area contributed by atoms with Gasteiger partial charge in [-0.15, -0.1) is 0 Å². The average Bonchev–Trinajstić information content (AvgIpc) is 3.10. The maximum absolute atomic E-state index is 12.5. The van der Waals surface area contributed by atoms with Gasteiger partial charge in [0.1, 0.15) is 5.58 Å². The van der Waals surface area contributed by atoms with Crippen LogP contribution in [0.5, 0.6) is 0 Å². The predicted octanol–water partition coefficient (Wildman–Crippen LogP) is 5.80. The average molecular weight is 397 g/mol. The van der Waals surface area contributed by atoms with Crippen molar-refractivity contribution >= 4 is 34.3 Å². The molecule has 0 N–H and O–H groups in total. The minimum absolute atomic E-state index is 0.388. The minimum Gasteiger partial charge on any atom is -0.422 e. The molecule has 0 fully saturated rings. The molecule has 2 aromatic heterocycles. The Balaban J connectivity index is 1.85. The van der Waals surface area contributed by atoms with E-state index in [0.717, 1.165) is 28.4 Å². The van der Waals surface area contributed by atoms with Crippen molar-refractivity contribution in [2.75, 3.05) is 5.75 Å². The summed E-state index contributed by atoms with van der Waals surface area (Å²) in [5.74, 6) is 0.941. The number of hydrogen-bond acceptors (Lipinski definition) is 4. The topological polar surface area (TPSA) is 48.0 Å². The monoisotopic (exact) mass is 396 g/mol. The number of hydrogen-bond donors (Lipinski definition) is 0. The molecular formula is C21H17ClN2O2S. The van der Waals surface area contributed by atoms with Crippen LogP contribution in [0.2, 0.25) is 5.02 Å². The van der Waals surface area contributed by atoms with Gasteiger partial charge in [-0.2, -0.15) is 0 Å².